The van der Waals surface area contributed by atoms with E-state index in [4.69, 9.17) is 21.1 Å². The monoisotopic (exact) mass is 368 g/mol. The van der Waals surface area contributed by atoms with E-state index in [1.54, 1.807) is 7.11 Å². The molecule has 2 heterocycles. The SMILES string of the molecule is COc1ccc(OC2=CC(c3c(C)nc4n3CCC=C4Cl)=CCC2)cc1. The zero-order chi connectivity index (χ0) is 18.1. The Morgan fingerprint density at radius 1 is 1.08 bits per heavy atom. The van der Waals surface area contributed by atoms with E-state index >= 15 is 0 Å². The summed E-state index contributed by atoms with van der Waals surface area (Å²) in [4.78, 5) is 4.67. The van der Waals surface area contributed by atoms with Crippen molar-refractivity contribution >= 4 is 22.2 Å². The summed E-state index contributed by atoms with van der Waals surface area (Å²) < 4.78 is 13.5. The second-order valence-electron chi connectivity index (χ2n) is 6.45. The van der Waals surface area contributed by atoms with Gasteiger partial charge in [0.05, 0.1) is 23.5 Å². The Morgan fingerprint density at radius 2 is 1.85 bits per heavy atom. The number of nitrogens with zero attached hydrogens (tertiary/aromatic N) is 2. The Kier molecular flexibility index (Phi) is 4.60. The minimum Gasteiger partial charge on any atom is -0.497 e. The molecular weight excluding hydrogens is 348 g/mol. The number of imidazole rings is 1. The molecule has 5 heteroatoms. The van der Waals surface area contributed by atoms with Crippen LogP contribution in [0.5, 0.6) is 11.5 Å². The molecule has 0 saturated heterocycles. The van der Waals surface area contributed by atoms with Gasteiger partial charge >= 0.3 is 0 Å². The molecule has 0 N–H and O–H groups in total. The van der Waals surface area contributed by atoms with Crippen molar-refractivity contribution in [3.8, 4) is 11.5 Å². The fourth-order valence-electron chi connectivity index (χ4n) is 3.46. The Balaban J connectivity index is 1.62. The lowest BCUT2D eigenvalue weighted by molar-refractivity contribution is 0.396. The third kappa shape index (κ3) is 3.17. The second-order valence-corrected chi connectivity index (χ2v) is 6.86. The first kappa shape index (κ1) is 17.0. The van der Waals surface area contributed by atoms with Crippen molar-refractivity contribution in [2.75, 3.05) is 7.11 Å². The standard InChI is InChI=1S/C21H21ClN2O2/c1-14-20(24-12-4-7-19(22)21(24)23-14)15-5-3-6-18(13-15)26-17-10-8-16(25-2)9-11-17/h5,7-11,13H,3-4,6,12H2,1-2H3. The number of fused-ring (bicyclic) bond motifs is 1. The minimum absolute atomic E-state index is 0.737. The maximum absolute atomic E-state index is 6.34. The number of hydrogen-bond acceptors (Lipinski definition) is 3. The van der Waals surface area contributed by atoms with Crippen molar-refractivity contribution in [2.24, 2.45) is 0 Å². The molecule has 0 bridgehead atoms. The molecule has 1 aliphatic heterocycles. The van der Waals surface area contributed by atoms with E-state index in [-0.39, 0.29) is 0 Å². The van der Waals surface area contributed by atoms with Crippen LogP contribution in [-0.4, -0.2) is 16.7 Å². The van der Waals surface area contributed by atoms with Gasteiger partial charge in [0, 0.05) is 13.0 Å². The first-order chi connectivity index (χ1) is 12.7. The van der Waals surface area contributed by atoms with Crippen molar-refractivity contribution in [1.82, 2.24) is 9.55 Å². The number of hydrogen-bond donors (Lipinski definition) is 0. The van der Waals surface area contributed by atoms with Crippen molar-refractivity contribution < 1.29 is 9.47 Å². The third-order valence-electron chi connectivity index (χ3n) is 4.69. The molecule has 0 amide bonds. The average molecular weight is 369 g/mol. The van der Waals surface area contributed by atoms with Gasteiger partial charge in [0.25, 0.3) is 0 Å². The Bertz CT molecular complexity index is 920. The smallest absolute Gasteiger partial charge is 0.151 e. The molecule has 0 saturated carbocycles. The van der Waals surface area contributed by atoms with Crippen LogP contribution in [0, 0.1) is 6.92 Å². The van der Waals surface area contributed by atoms with Gasteiger partial charge in [-0.3, -0.25) is 0 Å². The second kappa shape index (κ2) is 7.04. The zero-order valence-corrected chi connectivity index (χ0v) is 15.7. The van der Waals surface area contributed by atoms with E-state index in [9.17, 15) is 0 Å². The Hall–Kier alpha value is -2.46. The molecule has 4 rings (SSSR count). The van der Waals surface area contributed by atoms with E-state index in [2.05, 4.69) is 21.7 Å². The van der Waals surface area contributed by atoms with Crippen LogP contribution in [0.25, 0.3) is 10.6 Å². The molecule has 0 unspecified atom stereocenters. The fraction of sp³-hybridized carbons (Fsp3) is 0.286. The maximum atomic E-state index is 6.34. The number of methoxy groups -OCH3 is 1. The molecule has 1 aromatic heterocycles. The van der Waals surface area contributed by atoms with Gasteiger partial charge in [0.15, 0.2) is 5.82 Å². The van der Waals surface area contributed by atoms with Gasteiger partial charge in [-0.05, 0) is 55.7 Å². The van der Waals surface area contributed by atoms with Gasteiger partial charge in [-0.25, -0.2) is 4.98 Å². The lowest BCUT2D eigenvalue weighted by atomic mass is 10.0. The molecule has 4 nitrogen and oxygen atoms in total. The Morgan fingerprint density at radius 3 is 2.62 bits per heavy atom. The van der Waals surface area contributed by atoms with E-state index < -0.39 is 0 Å². The Labute approximate surface area is 158 Å². The average Bonchev–Trinajstić information content (AvgIpc) is 3.00. The van der Waals surface area contributed by atoms with Crippen LogP contribution in [0.4, 0.5) is 0 Å². The van der Waals surface area contributed by atoms with Gasteiger partial charge in [-0.15, -0.1) is 0 Å². The van der Waals surface area contributed by atoms with E-state index in [1.165, 1.54) is 0 Å². The quantitative estimate of drug-likeness (QED) is 0.732. The lowest BCUT2D eigenvalue weighted by Crippen LogP contribution is -2.10. The van der Waals surface area contributed by atoms with Crippen LogP contribution in [0.15, 0.2) is 48.3 Å². The first-order valence-corrected chi connectivity index (χ1v) is 9.19. The first-order valence-electron chi connectivity index (χ1n) is 8.82. The van der Waals surface area contributed by atoms with E-state index in [0.29, 0.717) is 0 Å². The van der Waals surface area contributed by atoms with Crippen LogP contribution in [0.1, 0.15) is 36.5 Å². The molecule has 2 aromatic rings. The summed E-state index contributed by atoms with van der Waals surface area (Å²) in [5.74, 6) is 3.46. The molecule has 0 atom stereocenters. The van der Waals surface area contributed by atoms with Crippen LogP contribution in [-0.2, 0) is 6.54 Å². The predicted molar refractivity (Wildman–Crippen MR) is 104 cm³/mol. The van der Waals surface area contributed by atoms with Gasteiger partial charge in [-0.1, -0.05) is 23.8 Å². The molecule has 26 heavy (non-hydrogen) atoms. The van der Waals surface area contributed by atoms with Crippen molar-refractivity contribution in [3.63, 3.8) is 0 Å². The molecule has 1 aromatic carbocycles. The molecule has 0 fully saturated rings. The third-order valence-corrected chi connectivity index (χ3v) is 5.01. The van der Waals surface area contributed by atoms with Gasteiger partial charge in [0.2, 0.25) is 0 Å². The summed E-state index contributed by atoms with van der Waals surface area (Å²) >= 11 is 6.34. The molecular formula is C21H21ClN2O2. The van der Waals surface area contributed by atoms with Crippen LogP contribution in [0.2, 0.25) is 0 Å². The van der Waals surface area contributed by atoms with Crippen LogP contribution in [0.3, 0.4) is 0 Å². The van der Waals surface area contributed by atoms with Gasteiger partial charge in [-0.2, -0.15) is 0 Å². The maximum Gasteiger partial charge on any atom is 0.151 e. The number of halogens is 1. The van der Waals surface area contributed by atoms with Crippen molar-refractivity contribution in [1.29, 1.82) is 0 Å². The molecule has 0 spiro atoms. The molecule has 1 aliphatic carbocycles. The van der Waals surface area contributed by atoms with Crippen LogP contribution >= 0.6 is 11.6 Å². The summed E-state index contributed by atoms with van der Waals surface area (Å²) in [5.41, 5.74) is 3.30. The van der Waals surface area contributed by atoms with Crippen molar-refractivity contribution in [3.05, 3.63) is 65.5 Å². The largest absolute Gasteiger partial charge is 0.497 e. The number of aryl methyl sites for hydroxylation is 1. The topological polar surface area (TPSA) is 36.3 Å². The normalized spacial score (nSPS) is 16.3. The fourth-order valence-corrected chi connectivity index (χ4v) is 3.72. The van der Waals surface area contributed by atoms with E-state index in [0.717, 1.165) is 70.9 Å². The highest BCUT2D eigenvalue weighted by atomic mass is 35.5. The molecule has 2 aliphatic rings. The summed E-state index contributed by atoms with van der Waals surface area (Å²) in [6.45, 7) is 2.94. The highest BCUT2D eigenvalue weighted by molar-refractivity contribution is 6.48. The summed E-state index contributed by atoms with van der Waals surface area (Å²) in [7, 11) is 1.66. The molecule has 0 radical (unpaired) electrons. The zero-order valence-electron chi connectivity index (χ0n) is 15.0. The highest BCUT2D eigenvalue weighted by Crippen LogP contribution is 2.34. The lowest BCUT2D eigenvalue weighted by Gasteiger charge is -2.19. The van der Waals surface area contributed by atoms with Crippen LogP contribution < -0.4 is 9.47 Å². The highest BCUT2D eigenvalue weighted by Gasteiger charge is 2.22. The summed E-state index contributed by atoms with van der Waals surface area (Å²) in [6, 6.07) is 7.66. The summed E-state index contributed by atoms with van der Waals surface area (Å²) in [6.07, 6.45) is 9.18. The number of rotatable bonds is 4. The number of aromatic nitrogens is 2. The minimum atomic E-state index is 0.737. The predicted octanol–water partition coefficient (Wildman–Crippen LogP) is 5.32. The molecule has 134 valence electrons. The van der Waals surface area contributed by atoms with Crippen molar-refractivity contribution in [2.45, 2.75) is 32.7 Å². The number of ether oxygens (including phenoxy) is 2. The van der Waals surface area contributed by atoms with E-state index in [1.807, 2.05) is 37.3 Å². The summed E-state index contributed by atoms with van der Waals surface area (Å²) in [5, 5.41) is 0.737. The van der Waals surface area contributed by atoms with Gasteiger partial charge < -0.3 is 14.0 Å². The number of allylic oxidation sites excluding steroid dienone is 5. The number of benzene rings is 1. The van der Waals surface area contributed by atoms with Gasteiger partial charge in [0.1, 0.15) is 17.3 Å².